The molecule has 5 aliphatic rings. The molecule has 6 nitrogen and oxygen atoms in total. The van der Waals surface area contributed by atoms with Gasteiger partial charge in [-0.3, -0.25) is 14.4 Å². The van der Waals surface area contributed by atoms with Crippen molar-refractivity contribution in [3.63, 3.8) is 0 Å². The highest BCUT2D eigenvalue weighted by molar-refractivity contribution is 5.75. The maximum Gasteiger partial charge on any atom is 0.304 e. The van der Waals surface area contributed by atoms with Crippen molar-refractivity contribution in [3.8, 4) is 0 Å². The van der Waals surface area contributed by atoms with Crippen LogP contribution < -0.4 is 0 Å². The highest BCUT2D eigenvalue weighted by Gasteiger charge is 2.63. The Morgan fingerprint density at radius 3 is 2.18 bits per heavy atom. The van der Waals surface area contributed by atoms with Crippen molar-refractivity contribution in [1.82, 2.24) is 4.90 Å². The zero-order chi connectivity index (χ0) is 28.3. The van der Waals surface area contributed by atoms with Crippen molar-refractivity contribution in [3.05, 3.63) is 0 Å². The molecule has 11 atom stereocenters. The van der Waals surface area contributed by atoms with Gasteiger partial charge in [-0.2, -0.15) is 0 Å². The molecule has 0 aromatic carbocycles. The third-order valence-electron chi connectivity index (χ3n) is 13.0. The molecular formula is C33H53NO5. The summed E-state index contributed by atoms with van der Waals surface area (Å²) in [6.45, 7) is 14.9. The van der Waals surface area contributed by atoms with Crippen LogP contribution in [0.5, 0.6) is 0 Å². The number of piperidine rings is 1. The Morgan fingerprint density at radius 1 is 0.821 bits per heavy atom. The fourth-order valence-corrected chi connectivity index (χ4v) is 11.2. The first-order valence-corrected chi connectivity index (χ1v) is 16.0. The van der Waals surface area contributed by atoms with E-state index < -0.39 is 5.72 Å². The van der Waals surface area contributed by atoms with Crippen LogP contribution in [0.3, 0.4) is 0 Å². The Hall–Kier alpha value is -1.59. The second-order valence-electron chi connectivity index (χ2n) is 14.9. The van der Waals surface area contributed by atoms with Crippen LogP contribution in [0, 0.1) is 52.3 Å². The first-order valence-electron chi connectivity index (χ1n) is 16.0. The van der Waals surface area contributed by atoms with E-state index in [0.29, 0.717) is 35.6 Å². The highest BCUT2D eigenvalue weighted by atomic mass is 16.6. The highest BCUT2D eigenvalue weighted by Crippen LogP contribution is 2.69. The largest absolute Gasteiger partial charge is 0.463 e. The van der Waals surface area contributed by atoms with Gasteiger partial charge in [-0.15, -0.1) is 0 Å². The number of hydrogen-bond donors (Lipinski definition) is 0. The van der Waals surface area contributed by atoms with Gasteiger partial charge in [0.25, 0.3) is 0 Å². The Labute approximate surface area is 236 Å². The average Bonchev–Trinajstić information content (AvgIpc) is 3.21. The van der Waals surface area contributed by atoms with Crippen LogP contribution in [-0.2, 0) is 23.9 Å². The molecule has 0 aromatic heterocycles. The van der Waals surface area contributed by atoms with Crippen LogP contribution in [0.4, 0.5) is 0 Å². The Bertz CT molecular complexity index is 981. The maximum absolute atomic E-state index is 13.0. The summed E-state index contributed by atoms with van der Waals surface area (Å²) in [5.41, 5.74) is -0.284. The van der Waals surface area contributed by atoms with Gasteiger partial charge in [0.1, 0.15) is 6.10 Å². The van der Waals surface area contributed by atoms with Gasteiger partial charge in [-0.05, 0) is 111 Å². The summed E-state index contributed by atoms with van der Waals surface area (Å²) in [4.78, 5) is 39.0. The summed E-state index contributed by atoms with van der Waals surface area (Å²) >= 11 is 0. The molecule has 11 unspecified atom stereocenters. The van der Waals surface area contributed by atoms with Gasteiger partial charge in [-0.1, -0.05) is 27.7 Å². The molecule has 4 aliphatic carbocycles. The molecule has 1 heterocycles. The molecule has 39 heavy (non-hydrogen) atoms. The fraction of sp³-hybridized carbons (Fsp3) is 0.909. The molecular weight excluding hydrogens is 490 g/mol. The molecule has 1 aliphatic heterocycles. The van der Waals surface area contributed by atoms with Gasteiger partial charge in [0.05, 0.1) is 0 Å². The van der Waals surface area contributed by atoms with Crippen molar-refractivity contribution in [2.45, 2.75) is 131 Å². The number of carbonyl (C=O) groups excluding carboxylic acids is 3. The number of hydrogen-bond acceptors (Lipinski definition) is 5. The second-order valence-corrected chi connectivity index (χ2v) is 14.9. The molecule has 0 N–H and O–H groups in total. The zero-order valence-electron chi connectivity index (χ0n) is 25.6. The smallest absolute Gasteiger partial charge is 0.304 e. The molecule has 0 bridgehead atoms. The van der Waals surface area contributed by atoms with Crippen molar-refractivity contribution in [1.29, 1.82) is 0 Å². The number of nitrogens with zero attached hydrogens (tertiary/aromatic N) is 1. The van der Waals surface area contributed by atoms with Crippen LogP contribution in [0.15, 0.2) is 0 Å². The van der Waals surface area contributed by atoms with E-state index in [9.17, 15) is 14.4 Å². The van der Waals surface area contributed by atoms with Gasteiger partial charge in [0, 0.05) is 39.7 Å². The molecule has 1 amide bonds. The summed E-state index contributed by atoms with van der Waals surface area (Å²) in [5.74, 6) is 3.39. The topological polar surface area (TPSA) is 72.9 Å². The SMILES string of the molecule is CC(=O)OC1CCC2(C)C(CCC3C2CCC2(C)C3CCC2C(C)C2(OC(C)=O)CCC(C)CN2C(C)=O)C1. The van der Waals surface area contributed by atoms with Crippen LogP contribution in [0.25, 0.3) is 0 Å². The predicted molar refractivity (Wildman–Crippen MR) is 150 cm³/mol. The standard InChI is InChI=1S/C33H53NO5/c1-20-12-17-33(39-24(5)37,34(19-20)22(3)35)21(2)28-10-11-29-27-9-8-25-18-26(38-23(4)36)13-15-31(25,6)30(27)14-16-32(28,29)7/h20-21,25-30H,8-19H2,1-7H3. The lowest BCUT2D eigenvalue weighted by Gasteiger charge is -2.62. The third kappa shape index (κ3) is 4.74. The van der Waals surface area contributed by atoms with Crippen molar-refractivity contribution in [2.24, 2.45) is 52.3 Å². The zero-order valence-corrected chi connectivity index (χ0v) is 25.6. The lowest BCUT2D eigenvalue weighted by Crippen LogP contribution is -2.64. The van der Waals surface area contributed by atoms with Gasteiger partial charge < -0.3 is 14.4 Å². The molecule has 0 aromatic rings. The van der Waals surface area contributed by atoms with Crippen molar-refractivity contribution >= 4 is 17.8 Å². The molecule has 5 fully saturated rings. The average molecular weight is 544 g/mol. The van der Waals surface area contributed by atoms with Gasteiger partial charge in [0.15, 0.2) is 5.72 Å². The lowest BCUT2D eigenvalue weighted by atomic mass is 9.44. The summed E-state index contributed by atoms with van der Waals surface area (Å²) < 4.78 is 11.9. The van der Waals surface area contributed by atoms with E-state index in [4.69, 9.17) is 9.47 Å². The van der Waals surface area contributed by atoms with Crippen LogP contribution in [-0.4, -0.2) is 41.1 Å². The summed E-state index contributed by atoms with van der Waals surface area (Å²) in [6.07, 6.45) is 12.4. The van der Waals surface area contributed by atoms with E-state index in [1.165, 1.54) is 45.4 Å². The van der Waals surface area contributed by atoms with Crippen LogP contribution in [0.2, 0.25) is 0 Å². The molecule has 0 radical (unpaired) electrons. The Balaban J connectivity index is 1.39. The minimum atomic E-state index is -0.831. The number of amides is 1. The lowest BCUT2D eigenvalue weighted by molar-refractivity contribution is -0.225. The predicted octanol–water partition coefficient (Wildman–Crippen LogP) is 6.75. The number of esters is 2. The Kier molecular flexibility index (Phi) is 7.68. The molecule has 5 rings (SSSR count). The number of fused-ring (bicyclic) bond motifs is 5. The summed E-state index contributed by atoms with van der Waals surface area (Å²) in [6, 6.07) is 0. The van der Waals surface area contributed by atoms with E-state index in [2.05, 4.69) is 27.7 Å². The number of likely N-dealkylation sites (tertiary alicyclic amines) is 1. The minimum absolute atomic E-state index is 0.0219. The van der Waals surface area contributed by atoms with E-state index >= 15 is 0 Å². The van der Waals surface area contributed by atoms with E-state index in [1.807, 2.05) is 4.90 Å². The fourth-order valence-electron chi connectivity index (χ4n) is 11.2. The summed E-state index contributed by atoms with van der Waals surface area (Å²) in [7, 11) is 0. The first kappa shape index (κ1) is 28.9. The quantitative estimate of drug-likeness (QED) is 0.367. The van der Waals surface area contributed by atoms with Crippen molar-refractivity contribution < 1.29 is 23.9 Å². The molecule has 0 spiro atoms. The van der Waals surface area contributed by atoms with Gasteiger partial charge in [-0.25, -0.2) is 0 Å². The molecule has 6 heteroatoms. The maximum atomic E-state index is 13.0. The monoisotopic (exact) mass is 543 g/mol. The second kappa shape index (κ2) is 10.4. The minimum Gasteiger partial charge on any atom is -0.463 e. The first-order chi connectivity index (χ1) is 18.3. The van der Waals surface area contributed by atoms with Crippen LogP contribution in [0.1, 0.15) is 119 Å². The van der Waals surface area contributed by atoms with Gasteiger partial charge in [0.2, 0.25) is 5.91 Å². The van der Waals surface area contributed by atoms with E-state index in [0.717, 1.165) is 43.9 Å². The Morgan fingerprint density at radius 2 is 1.51 bits per heavy atom. The molecule has 220 valence electrons. The number of rotatable bonds is 4. The van der Waals surface area contributed by atoms with Gasteiger partial charge >= 0.3 is 11.9 Å². The van der Waals surface area contributed by atoms with E-state index in [-0.39, 0.29) is 35.3 Å². The third-order valence-corrected chi connectivity index (χ3v) is 13.0. The number of carbonyl (C=O) groups is 3. The molecule has 1 saturated heterocycles. The van der Waals surface area contributed by atoms with E-state index in [1.54, 1.807) is 13.8 Å². The normalized spacial score (nSPS) is 46.3. The number of ether oxygens (including phenoxy) is 2. The van der Waals surface area contributed by atoms with Crippen molar-refractivity contribution in [2.75, 3.05) is 6.54 Å². The van der Waals surface area contributed by atoms with Crippen LogP contribution >= 0.6 is 0 Å². The summed E-state index contributed by atoms with van der Waals surface area (Å²) in [5, 5.41) is 0. The molecule has 4 saturated carbocycles.